The molecule has 0 aromatic heterocycles. The third-order valence-electron chi connectivity index (χ3n) is 5.56. The minimum Gasteiger partial charge on any atom is -0.355 e. The van der Waals surface area contributed by atoms with Crippen LogP contribution in [0.1, 0.15) is 47.0 Å². The van der Waals surface area contributed by atoms with Gasteiger partial charge >= 0.3 is 0 Å². The Bertz CT molecular complexity index is 322. The van der Waals surface area contributed by atoms with Gasteiger partial charge in [0.2, 0.25) is 5.91 Å². The summed E-state index contributed by atoms with van der Waals surface area (Å²) in [5.74, 6) is 1.98. The maximum absolute atomic E-state index is 12.3. The van der Waals surface area contributed by atoms with Crippen LogP contribution in [0.25, 0.3) is 0 Å². The van der Waals surface area contributed by atoms with E-state index in [4.69, 9.17) is 5.73 Å². The summed E-state index contributed by atoms with van der Waals surface area (Å²) < 4.78 is 0. The molecule has 2 aliphatic rings. The molecule has 2 fully saturated rings. The minimum atomic E-state index is 0.0757. The lowest BCUT2D eigenvalue weighted by Gasteiger charge is -2.32. The molecule has 0 radical (unpaired) electrons. The molecule has 18 heavy (non-hydrogen) atoms. The lowest BCUT2D eigenvalue weighted by Crippen LogP contribution is -2.47. The average Bonchev–Trinajstić information content (AvgIpc) is 2.86. The predicted octanol–water partition coefficient (Wildman–Crippen LogP) is 2.16. The molecular weight excluding hydrogens is 224 g/mol. The van der Waals surface area contributed by atoms with Crippen LogP contribution in [-0.4, -0.2) is 18.5 Å². The number of nitrogens with two attached hydrogens (primary N) is 1. The molecule has 4 unspecified atom stereocenters. The van der Waals surface area contributed by atoms with Gasteiger partial charge in [-0.1, -0.05) is 27.7 Å². The Hall–Kier alpha value is -0.570. The second-order valence-electron chi connectivity index (χ2n) is 7.30. The van der Waals surface area contributed by atoms with Gasteiger partial charge in [-0.05, 0) is 42.4 Å². The molecule has 0 aromatic rings. The highest BCUT2D eigenvalue weighted by Gasteiger charge is 2.49. The molecular formula is C15H28N2O. The second kappa shape index (κ2) is 4.84. The number of hydrogen-bond acceptors (Lipinski definition) is 2. The molecule has 3 heteroatoms. The van der Waals surface area contributed by atoms with Crippen LogP contribution in [0.15, 0.2) is 0 Å². The monoisotopic (exact) mass is 252 g/mol. The third-order valence-corrected chi connectivity index (χ3v) is 5.56. The number of nitrogens with one attached hydrogen (secondary N) is 1. The average molecular weight is 252 g/mol. The number of hydrogen-bond donors (Lipinski definition) is 2. The van der Waals surface area contributed by atoms with Crippen molar-refractivity contribution in [2.75, 3.05) is 6.54 Å². The number of rotatable bonds is 4. The molecule has 2 saturated carbocycles. The zero-order valence-electron chi connectivity index (χ0n) is 12.2. The summed E-state index contributed by atoms with van der Waals surface area (Å²) in [6.07, 6.45) is 3.60. The Morgan fingerprint density at radius 1 is 1.33 bits per heavy atom. The number of amides is 1. The van der Waals surface area contributed by atoms with Gasteiger partial charge in [-0.15, -0.1) is 0 Å². The van der Waals surface area contributed by atoms with Crippen molar-refractivity contribution in [3.63, 3.8) is 0 Å². The van der Waals surface area contributed by atoms with Gasteiger partial charge in [-0.2, -0.15) is 0 Å². The summed E-state index contributed by atoms with van der Waals surface area (Å²) in [7, 11) is 0. The van der Waals surface area contributed by atoms with Crippen molar-refractivity contribution in [3.8, 4) is 0 Å². The second-order valence-corrected chi connectivity index (χ2v) is 7.30. The van der Waals surface area contributed by atoms with Crippen LogP contribution >= 0.6 is 0 Å². The van der Waals surface area contributed by atoms with Gasteiger partial charge in [0.05, 0.1) is 5.92 Å². The van der Waals surface area contributed by atoms with Crippen LogP contribution in [0, 0.1) is 29.1 Å². The van der Waals surface area contributed by atoms with Crippen molar-refractivity contribution in [1.29, 1.82) is 0 Å². The largest absolute Gasteiger partial charge is 0.355 e. The van der Waals surface area contributed by atoms with E-state index in [1.165, 1.54) is 19.3 Å². The molecule has 0 saturated heterocycles. The highest BCUT2D eigenvalue weighted by Crippen LogP contribution is 2.47. The molecule has 104 valence electrons. The van der Waals surface area contributed by atoms with Crippen LogP contribution in [0.5, 0.6) is 0 Å². The van der Waals surface area contributed by atoms with E-state index >= 15 is 0 Å². The van der Waals surface area contributed by atoms with Gasteiger partial charge < -0.3 is 11.1 Å². The molecule has 3 nitrogen and oxygen atoms in total. The van der Waals surface area contributed by atoms with E-state index in [1.54, 1.807) is 0 Å². The molecule has 1 amide bonds. The number of carbonyl (C=O) groups is 1. The van der Waals surface area contributed by atoms with Gasteiger partial charge in [0.1, 0.15) is 0 Å². The van der Waals surface area contributed by atoms with E-state index in [0.29, 0.717) is 17.8 Å². The Morgan fingerprint density at radius 2 is 1.94 bits per heavy atom. The summed E-state index contributed by atoms with van der Waals surface area (Å²) in [5.41, 5.74) is 6.35. The van der Waals surface area contributed by atoms with Gasteiger partial charge in [0.25, 0.3) is 0 Å². The first-order valence-electron chi connectivity index (χ1n) is 7.36. The van der Waals surface area contributed by atoms with Crippen LogP contribution in [0.4, 0.5) is 0 Å². The SMILES string of the molecule is CC(C)C(C)(C)CNC(=O)C1C2CCC(C2)C1N. The first-order chi connectivity index (χ1) is 8.33. The fourth-order valence-electron chi connectivity index (χ4n) is 3.36. The fourth-order valence-corrected chi connectivity index (χ4v) is 3.36. The van der Waals surface area contributed by atoms with Gasteiger partial charge in [0.15, 0.2) is 0 Å². The standard InChI is InChI=1S/C15H28N2O/c1-9(2)15(3,4)8-17-14(18)12-10-5-6-11(7-10)13(12)16/h9-13H,5-8,16H2,1-4H3,(H,17,18). The van der Waals surface area contributed by atoms with Crippen LogP contribution in [0.3, 0.4) is 0 Å². The summed E-state index contributed by atoms with van der Waals surface area (Å²) in [4.78, 5) is 12.3. The number of carbonyl (C=O) groups excluding carboxylic acids is 1. The molecule has 0 heterocycles. The summed E-state index contributed by atoms with van der Waals surface area (Å²) in [6.45, 7) is 9.58. The normalized spacial score (nSPS) is 35.2. The zero-order chi connectivity index (χ0) is 13.5. The van der Waals surface area contributed by atoms with Crippen molar-refractivity contribution in [2.45, 2.75) is 53.0 Å². The van der Waals surface area contributed by atoms with Crippen LogP contribution in [0.2, 0.25) is 0 Å². The third kappa shape index (κ3) is 2.42. The van der Waals surface area contributed by atoms with Crippen LogP contribution < -0.4 is 11.1 Å². The molecule has 3 N–H and O–H groups in total. The van der Waals surface area contributed by atoms with E-state index < -0.39 is 0 Å². The Morgan fingerprint density at radius 3 is 2.44 bits per heavy atom. The quantitative estimate of drug-likeness (QED) is 0.805. The molecule has 0 aromatic carbocycles. The highest BCUT2D eigenvalue weighted by molar-refractivity contribution is 5.80. The molecule has 2 rings (SSSR count). The number of fused-ring (bicyclic) bond motifs is 2. The molecule has 0 spiro atoms. The smallest absolute Gasteiger partial charge is 0.224 e. The molecule has 2 bridgehead atoms. The summed E-state index contributed by atoms with van der Waals surface area (Å²) in [6, 6.07) is 0.103. The lowest BCUT2D eigenvalue weighted by atomic mass is 9.80. The maximum Gasteiger partial charge on any atom is 0.224 e. The van der Waals surface area contributed by atoms with E-state index in [-0.39, 0.29) is 23.3 Å². The molecule has 4 atom stereocenters. The maximum atomic E-state index is 12.3. The van der Waals surface area contributed by atoms with Gasteiger partial charge in [-0.25, -0.2) is 0 Å². The van der Waals surface area contributed by atoms with Crippen molar-refractivity contribution in [3.05, 3.63) is 0 Å². The molecule has 2 aliphatic carbocycles. The topological polar surface area (TPSA) is 55.1 Å². The van der Waals surface area contributed by atoms with Crippen molar-refractivity contribution in [1.82, 2.24) is 5.32 Å². The Kier molecular flexibility index (Phi) is 3.72. The summed E-state index contributed by atoms with van der Waals surface area (Å²) >= 11 is 0. The Labute approximate surface area is 111 Å². The summed E-state index contributed by atoms with van der Waals surface area (Å²) in [5, 5.41) is 3.14. The van der Waals surface area contributed by atoms with Crippen LogP contribution in [-0.2, 0) is 4.79 Å². The van der Waals surface area contributed by atoms with Crippen molar-refractivity contribution < 1.29 is 4.79 Å². The van der Waals surface area contributed by atoms with Gasteiger partial charge in [0, 0.05) is 12.6 Å². The first-order valence-corrected chi connectivity index (χ1v) is 7.36. The zero-order valence-corrected chi connectivity index (χ0v) is 12.2. The fraction of sp³-hybridized carbons (Fsp3) is 0.933. The molecule has 0 aliphatic heterocycles. The van der Waals surface area contributed by atoms with E-state index in [0.717, 1.165) is 6.54 Å². The van der Waals surface area contributed by atoms with E-state index in [9.17, 15) is 4.79 Å². The van der Waals surface area contributed by atoms with Crippen molar-refractivity contribution >= 4 is 5.91 Å². The first kappa shape index (κ1) is 13.9. The Balaban J connectivity index is 1.89. The highest BCUT2D eigenvalue weighted by atomic mass is 16.1. The van der Waals surface area contributed by atoms with E-state index in [2.05, 4.69) is 33.0 Å². The van der Waals surface area contributed by atoms with E-state index in [1.807, 2.05) is 0 Å². The lowest BCUT2D eigenvalue weighted by molar-refractivity contribution is -0.127. The van der Waals surface area contributed by atoms with Gasteiger partial charge in [-0.3, -0.25) is 4.79 Å². The van der Waals surface area contributed by atoms with Crippen molar-refractivity contribution in [2.24, 2.45) is 34.8 Å². The predicted molar refractivity (Wildman–Crippen MR) is 73.9 cm³/mol. The minimum absolute atomic E-state index is 0.0757.